The molecule has 0 N–H and O–H groups in total. The molecule has 0 aliphatic heterocycles. The van der Waals surface area contributed by atoms with Gasteiger partial charge in [-0.1, -0.05) is 0 Å². The number of hydrogen-bond acceptors (Lipinski definition) is 3. The van der Waals surface area contributed by atoms with Gasteiger partial charge in [0.25, 0.3) is 0 Å². The predicted octanol–water partition coefficient (Wildman–Crippen LogP) is 2.21. The van der Waals surface area contributed by atoms with Crippen LogP contribution in [0.25, 0.3) is 0 Å². The fourth-order valence-corrected chi connectivity index (χ4v) is 1.27. The van der Waals surface area contributed by atoms with Crippen LogP contribution in [0.5, 0.6) is 0 Å². The largest absolute Gasteiger partial charge is 0.472 e. The number of carbonyl (C=O) groups excluding carboxylic acids is 1. The van der Waals surface area contributed by atoms with Crippen molar-refractivity contribution in [3.63, 3.8) is 0 Å². The molecule has 0 unspecified atom stereocenters. The first-order chi connectivity index (χ1) is 6.79. The van der Waals surface area contributed by atoms with E-state index in [-0.39, 0.29) is 5.78 Å². The van der Waals surface area contributed by atoms with Gasteiger partial charge in [-0.25, -0.2) is 0 Å². The van der Waals surface area contributed by atoms with Crippen molar-refractivity contribution in [2.75, 3.05) is 0 Å². The van der Waals surface area contributed by atoms with Gasteiger partial charge in [-0.05, 0) is 25.1 Å². The Balaban J connectivity index is 2.42. The zero-order chi connectivity index (χ0) is 9.97. The lowest BCUT2D eigenvalue weighted by Crippen LogP contribution is -2.03. The fraction of sp³-hybridized carbons (Fsp3) is 0.0909. The predicted molar refractivity (Wildman–Crippen MR) is 51.1 cm³/mol. The summed E-state index contributed by atoms with van der Waals surface area (Å²) < 4.78 is 4.86. The molecule has 2 aromatic rings. The molecule has 2 heterocycles. The first-order valence-electron chi connectivity index (χ1n) is 4.27. The molecule has 70 valence electrons. The molecular weight excluding hydrogens is 178 g/mol. The van der Waals surface area contributed by atoms with Crippen molar-refractivity contribution in [2.24, 2.45) is 0 Å². The number of furan rings is 1. The minimum absolute atomic E-state index is 0.0515. The smallest absolute Gasteiger partial charge is 0.198 e. The van der Waals surface area contributed by atoms with Crippen LogP contribution < -0.4 is 0 Å². The normalized spacial score (nSPS) is 10.1. The molecule has 0 aromatic carbocycles. The molecule has 2 rings (SSSR count). The lowest BCUT2D eigenvalue weighted by Gasteiger charge is -2.00. The number of carbonyl (C=O) groups is 1. The van der Waals surface area contributed by atoms with E-state index in [9.17, 15) is 4.79 Å². The highest BCUT2D eigenvalue weighted by Gasteiger charge is 2.12. The van der Waals surface area contributed by atoms with Gasteiger partial charge < -0.3 is 4.42 Å². The van der Waals surface area contributed by atoms with Crippen molar-refractivity contribution in [2.45, 2.75) is 6.92 Å². The van der Waals surface area contributed by atoms with Crippen LogP contribution in [0.4, 0.5) is 0 Å². The molecule has 0 bridgehead atoms. The van der Waals surface area contributed by atoms with Crippen LogP contribution >= 0.6 is 0 Å². The summed E-state index contributed by atoms with van der Waals surface area (Å²) in [6, 6.07) is 5.16. The van der Waals surface area contributed by atoms with Gasteiger partial charge in [0, 0.05) is 17.5 Å². The summed E-state index contributed by atoms with van der Waals surface area (Å²) in [6.45, 7) is 1.81. The average molecular weight is 187 g/mol. The minimum Gasteiger partial charge on any atom is -0.472 e. The third kappa shape index (κ3) is 1.44. The van der Waals surface area contributed by atoms with Crippen molar-refractivity contribution in [1.29, 1.82) is 0 Å². The van der Waals surface area contributed by atoms with Gasteiger partial charge in [-0.3, -0.25) is 9.78 Å². The molecule has 0 spiro atoms. The maximum atomic E-state index is 11.8. The highest BCUT2D eigenvalue weighted by atomic mass is 16.3. The van der Waals surface area contributed by atoms with Gasteiger partial charge in [0.05, 0.1) is 11.8 Å². The van der Waals surface area contributed by atoms with Crippen molar-refractivity contribution in [3.05, 3.63) is 53.7 Å². The van der Waals surface area contributed by atoms with Crippen LogP contribution in [0.1, 0.15) is 21.6 Å². The fourth-order valence-electron chi connectivity index (χ4n) is 1.27. The Hall–Kier alpha value is -1.90. The first kappa shape index (κ1) is 8.69. The summed E-state index contributed by atoms with van der Waals surface area (Å²) in [7, 11) is 0. The van der Waals surface area contributed by atoms with Crippen molar-refractivity contribution in [3.8, 4) is 0 Å². The van der Waals surface area contributed by atoms with Crippen LogP contribution in [-0.2, 0) is 0 Å². The van der Waals surface area contributed by atoms with Gasteiger partial charge in [0.1, 0.15) is 6.26 Å². The number of rotatable bonds is 2. The Morgan fingerprint density at radius 1 is 1.43 bits per heavy atom. The minimum atomic E-state index is -0.0515. The highest BCUT2D eigenvalue weighted by molar-refractivity contribution is 6.09. The lowest BCUT2D eigenvalue weighted by atomic mass is 10.1. The molecular formula is C11H9NO2. The number of ketones is 1. The molecule has 0 saturated heterocycles. The Morgan fingerprint density at radius 3 is 2.93 bits per heavy atom. The first-order valence-corrected chi connectivity index (χ1v) is 4.27. The van der Waals surface area contributed by atoms with Gasteiger partial charge in [0.2, 0.25) is 0 Å². The van der Waals surface area contributed by atoms with E-state index in [1.54, 1.807) is 24.4 Å². The second-order valence-corrected chi connectivity index (χ2v) is 2.98. The van der Waals surface area contributed by atoms with E-state index in [0.717, 1.165) is 5.69 Å². The number of hydrogen-bond donors (Lipinski definition) is 0. The van der Waals surface area contributed by atoms with Crippen LogP contribution in [0.15, 0.2) is 41.3 Å². The van der Waals surface area contributed by atoms with Crippen LogP contribution in [0, 0.1) is 6.92 Å². The second kappa shape index (κ2) is 3.46. The standard InChI is InChI=1S/C11H9NO2/c1-8-10(3-2-5-12-8)11(13)9-4-6-14-7-9/h2-7H,1H3. The molecule has 0 radical (unpaired) electrons. The monoisotopic (exact) mass is 187 g/mol. The van der Waals surface area contributed by atoms with Gasteiger partial charge in [-0.2, -0.15) is 0 Å². The molecule has 0 amide bonds. The van der Waals surface area contributed by atoms with Gasteiger partial charge >= 0.3 is 0 Å². The number of aryl methyl sites for hydroxylation is 1. The molecule has 0 fully saturated rings. The topological polar surface area (TPSA) is 43.1 Å². The summed E-state index contributed by atoms with van der Waals surface area (Å²) in [4.78, 5) is 15.9. The lowest BCUT2D eigenvalue weighted by molar-refractivity contribution is 0.103. The Labute approximate surface area is 81.4 Å². The van der Waals surface area contributed by atoms with Crippen LogP contribution in [0.3, 0.4) is 0 Å². The summed E-state index contributed by atoms with van der Waals surface area (Å²) >= 11 is 0. The van der Waals surface area contributed by atoms with E-state index in [0.29, 0.717) is 11.1 Å². The second-order valence-electron chi connectivity index (χ2n) is 2.98. The summed E-state index contributed by atoms with van der Waals surface area (Å²) in [5, 5.41) is 0. The van der Waals surface area contributed by atoms with Gasteiger partial charge in [-0.15, -0.1) is 0 Å². The molecule has 3 heteroatoms. The summed E-state index contributed by atoms with van der Waals surface area (Å²) in [5.74, 6) is -0.0515. The zero-order valence-corrected chi connectivity index (χ0v) is 7.73. The maximum absolute atomic E-state index is 11.8. The average Bonchev–Trinajstić information content (AvgIpc) is 2.70. The molecule has 14 heavy (non-hydrogen) atoms. The molecule has 2 aromatic heterocycles. The Morgan fingerprint density at radius 2 is 2.29 bits per heavy atom. The summed E-state index contributed by atoms with van der Waals surface area (Å²) in [5.41, 5.74) is 1.91. The Kier molecular flexibility index (Phi) is 2.14. The number of pyridine rings is 1. The maximum Gasteiger partial charge on any atom is 0.198 e. The molecule has 3 nitrogen and oxygen atoms in total. The van der Waals surface area contributed by atoms with Crippen molar-refractivity contribution >= 4 is 5.78 Å². The quantitative estimate of drug-likeness (QED) is 0.677. The molecule has 0 aliphatic rings. The SMILES string of the molecule is Cc1ncccc1C(=O)c1ccoc1. The highest BCUT2D eigenvalue weighted by Crippen LogP contribution is 2.11. The van der Waals surface area contributed by atoms with E-state index < -0.39 is 0 Å². The van der Waals surface area contributed by atoms with Gasteiger partial charge in [0.15, 0.2) is 5.78 Å². The number of aromatic nitrogens is 1. The van der Waals surface area contributed by atoms with Crippen LogP contribution in [-0.4, -0.2) is 10.8 Å². The van der Waals surface area contributed by atoms with Crippen molar-refractivity contribution in [1.82, 2.24) is 4.98 Å². The van der Waals surface area contributed by atoms with E-state index in [1.807, 2.05) is 6.92 Å². The van der Waals surface area contributed by atoms with E-state index in [4.69, 9.17) is 4.42 Å². The van der Waals surface area contributed by atoms with Crippen molar-refractivity contribution < 1.29 is 9.21 Å². The third-order valence-corrected chi connectivity index (χ3v) is 2.03. The van der Waals surface area contributed by atoms with E-state index in [1.165, 1.54) is 12.5 Å². The third-order valence-electron chi connectivity index (χ3n) is 2.03. The summed E-state index contributed by atoms with van der Waals surface area (Å²) in [6.07, 6.45) is 4.59. The molecule has 0 atom stereocenters. The number of nitrogens with zero attached hydrogens (tertiary/aromatic N) is 1. The Bertz CT molecular complexity index is 446. The molecule has 0 saturated carbocycles. The van der Waals surface area contributed by atoms with Crippen LogP contribution in [0.2, 0.25) is 0 Å². The van der Waals surface area contributed by atoms with E-state index in [2.05, 4.69) is 4.98 Å². The van der Waals surface area contributed by atoms with E-state index >= 15 is 0 Å². The zero-order valence-electron chi connectivity index (χ0n) is 7.73. The molecule has 0 aliphatic carbocycles.